The Morgan fingerprint density at radius 1 is 1.40 bits per heavy atom. The first-order valence-electron chi connectivity index (χ1n) is 6.40. The van der Waals surface area contributed by atoms with E-state index in [1.807, 2.05) is 18.2 Å². The van der Waals surface area contributed by atoms with Crippen LogP contribution in [0.25, 0.3) is 11.3 Å². The van der Waals surface area contributed by atoms with Crippen LogP contribution in [0.3, 0.4) is 0 Å². The molecule has 20 heavy (non-hydrogen) atoms. The number of aliphatic hydroxyl groups is 1. The van der Waals surface area contributed by atoms with Crippen molar-refractivity contribution >= 4 is 11.8 Å². The molecule has 0 amide bonds. The van der Waals surface area contributed by atoms with Gasteiger partial charge in [-0.25, -0.2) is 0 Å². The summed E-state index contributed by atoms with van der Waals surface area (Å²) in [4.78, 5) is 1.02. The van der Waals surface area contributed by atoms with Crippen molar-refractivity contribution in [3.63, 3.8) is 0 Å². The van der Waals surface area contributed by atoms with E-state index in [1.54, 1.807) is 24.0 Å². The monoisotopic (exact) mass is 287 g/mol. The first-order chi connectivity index (χ1) is 9.57. The van der Waals surface area contributed by atoms with Crippen molar-refractivity contribution in [2.24, 2.45) is 0 Å². The SMILES string of the molecule is CC(C)(CCO)Sc1cccc(C#N)c1-c1ccn[nH]1. The van der Waals surface area contributed by atoms with Gasteiger partial charge in [0.25, 0.3) is 0 Å². The first kappa shape index (κ1) is 14.6. The predicted octanol–water partition coefficient (Wildman–Crippen LogP) is 3.20. The molecule has 0 spiro atoms. The smallest absolute Gasteiger partial charge is 0.0999 e. The third-order valence-electron chi connectivity index (χ3n) is 3.02. The van der Waals surface area contributed by atoms with Gasteiger partial charge in [-0.05, 0) is 24.6 Å². The minimum Gasteiger partial charge on any atom is -0.396 e. The molecule has 0 saturated carbocycles. The summed E-state index contributed by atoms with van der Waals surface area (Å²) in [5.74, 6) is 0. The van der Waals surface area contributed by atoms with E-state index in [4.69, 9.17) is 5.11 Å². The summed E-state index contributed by atoms with van der Waals surface area (Å²) < 4.78 is -0.0996. The molecule has 5 heteroatoms. The molecule has 0 aliphatic rings. The van der Waals surface area contributed by atoms with Gasteiger partial charge in [-0.15, -0.1) is 11.8 Å². The summed E-state index contributed by atoms with van der Waals surface area (Å²) in [6.07, 6.45) is 2.37. The van der Waals surface area contributed by atoms with Crippen molar-refractivity contribution in [1.29, 1.82) is 5.26 Å². The number of nitrogens with zero attached hydrogens (tertiary/aromatic N) is 2. The molecule has 104 valence electrons. The topological polar surface area (TPSA) is 72.7 Å². The Labute approximate surface area is 122 Å². The molecule has 0 bridgehead atoms. The van der Waals surface area contributed by atoms with E-state index in [2.05, 4.69) is 30.1 Å². The average Bonchev–Trinajstić information content (AvgIpc) is 2.91. The van der Waals surface area contributed by atoms with Gasteiger partial charge >= 0.3 is 0 Å². The van der Waals surface area contributed by atoms with Crippen molar-refractivity contribution in [2.45, 2.75) is 29.9 Å². The number of thioether (sulfide) groups is 1. The maximum atomic E-state index is 9.31. The number of aromatic amines is 1. The molecule has 0 aliphatic carbocycles. The molecule has 2 aromatic rings. The molecule has 0 fully saturated rings. The fourth-order valence-electron chi connectivity index (χ4n) is 2.00. The largest absolute Gasteiger partial charge is 0.396 e. The minimum atomic E-state index is -0.0996. The third-order valence-corrected chi connectivity index (χ3v) is 4.33. The van der Waals surface area contributed by atoms with Gasteiger partial charge < -0.3 is 5.11 Å². The second-order valence-electron chi connectivity index (χ2n) is 5.10. The zero-order valence-electron chi connectivity index (χ0n) is 11.6. The fourth-order valence-corrected chi connectivity index (χ4v) is 3.26. The predicted molar refractivity (Wildman–Crippen MR) is 80.4 cm³/mol. The van der Waals surface area contributed by atoms with E-state index in [0.717, 1.165) is 16.2 Å². The van der Waals surface area contributed by atoms with Crippen molar-refractivity contribution < 1.29 is 5.11 Å². The van der Waals surface area contributed by atoms with Crippen LogP contribution in [0.1, 0.15) is 25.8 Å². The Kier molecular flexibility index (Phi) is 4.48. The molecule has 0 aliphatic heterocycles. The quantitative estimate of drug-likeness (QED) is 0.828. The highest BCUT2D eigenvalue weighted by Gasteiger charge is 2.22. The number of benzene rings is 1. The summed E-state index contributed by atoms with van der Waals surface area (Å²) in [6, 6.07) is 9.78. The van der Waals surface area contributed by atoms with E-state index in [9.17, 15) is 5.26 Å². The highest BCUT2D eigenvalue weighted by Crippen LogP contribution is 2.41. The minimum absolute atomic E-state index is 0.0996. The van der Waals surface area contributed by atoms with Gasteiger partial charge in [0.1, 0.15) is 0 Å². The highest BCUT2D eigenvalue weighted by molar-refractivity contribution is 8.00. The molecular formula is C15H17N3OS. The second-order valence-corrected chi connectivity index (χ2v) is 6.85. The third kappa shape index (κ3) is 3.21. The van der Waals surface area contributed by atoms with Crippen LogP contribution < -0.4 is 0 Å². The number of hydrogen-bond donors (Lipinski definition) is 2. The van der Waals surface area contributed by atoms with E-state index < -0.39 is 0 Å². The molecule has 1 heterocycles. The van der Waals surface area contributed by atoms with Crippen molar-refractivity contribution in [2.75, 3.05) is 6.61 Å². The number of nitrogens with one attached hydrogen (secondary N) is 1. The lowest BCUT2D eigenvalue weighted by Gasteiger charge is -2.24. The molecule has 0 saturated heterocycles. The molecule has 0 unspecified atom stereocenters. The normalized spacial score (nSPS) is 11.3. The van der Waals surface area contributed by atoms with Gasteiger partial charge in [0.05, 0.1) is 17.3 Å². The van der Waals surface area contributed by atoms with Crippen LogP contribution in [-0.2, 0) is 0 Å². The zero-order chi connectivity index (χ0) is 14.6. The van der Waals surface area contributed by atoms with Gasteiger partial charge in [0.2, 0.25) is 0 Å². The fraction of sp³-hybridized carbons (Fsp3) is 0.333. The lowest BCUT2D eigenvalue weighted by atomic mass is 10.1. The van der Waals surface area contributed by atoms with Gasteiger partial charge in [-0.3, -0.25) is 5.10 Å². The Bertz CT molecular complexity index is 615. The van der Waals surface area contributed by atoms with Gasteiger partial charge in [0.15, 0.2) is 0 Å². The summed E-state index contributed by atoms with van der Waals surface area (Å²) in [6.45, 7) is 4.32. The molecule has 2 N–H and O–H groups in total. The summed E-state index contributed by atoms with van der Waals surface area (Å²) in [5, 5.41) is 25.3. The molecule has 2 rings (SSSR count). The maximum absolute atomic E-state index is 9.31. The van der Waals surface area contributed by atoms with Gasteiger partial charge in [-0.2, -0.15) is 10.4 Å². The van der Waals surface area contributed by atoms with E-state index in [0.29, 0.717) is 12.0 Å². The van der Waals surface area contributed by atoms with Crippen LogP contribution in [0, 0.1) is 11.3 Å². The van der Waals surface area contributed by atoms with E-state index >= 15 is 0 Å². The lowest BCUT2D eigenvalue weighted by molar-refractivity contribution is 0.275. The summed E-state index contributed by atoms with van der Waals surface area (Å²) in [5.41, 5.74) is 2.34. The Balaban J connectivity index is 2.46. The number of aliphatic hydroxyl groups excluding tert-OH is 1. The molecule has 0 radical (unpaired) electrons. The van der Waals surface area contributed by atoms with Crippen LogP contribution in [-0.4, -0.2) is 26.7 Å². The number of H-pyrrole nitrogens is 1. The van der Waals surface area contributed by atoms with Crippen LogP contribution in [0.2, 0.25) is 0 Å². The number of aromatic nitrogens is 2. The van der Waals surface area contributed by atoms with Crippen LogP contribution >= 0.6 is 11.8 Å². The van der Waals surface area contributed by atoms with Crippen LogP contribution in [0.4, 0.5) is 0 Å². The number of rotatable bonds is 5. The van der Waals surface area contributed by atoms with E-state index in [-0.39, 0.29) is 11.4 Å². The van der Waals surface area contributed by atoms with Crippen molar-refractivity contribution in [1.82, 2.24) is 10.2 Å². The van der Waals surface area contributed by atoms with Crippen LogP contribution in [0.15, 0.2) is 35.4 Å². The second kappa shape index (κ2) is 6.12. The molecule has 1 aromatic heterocycles. The van der Waals surface area contributed by atoms with Gasteiger partial charge in [-0.1, -0.05) is 19.9 Å². The standard InChI is InChI=1S/C15H17N3OS/c1-15(2,7-9-19)20-13-5-3-4-11(10-16)14(13)12-6-8-17-18-12/h3-6,8,19H,7,9H2,1-2H3,(H,17,18). The lowest BCUT2D eigenvalue weighted by Crippen LogP contribution is -2.16. The maximum Gasteiger partial charge on any atom is 0.0999 e. The van der Waals surface area contributed by atoms with Crippen molar-refractivity contribution in [3.8, 4) is 17.3 Å². The average molecular weight is 287 g/mol. The zero-order valence-corrected chi connectivity index (χ0v) is 12.4. The number of hydrogen-bond acceptors (Lipinski definition) is 4. The molecule has 0 atom stereocenters. The summed E-state index contributed by atoms with van der Waals surface area (Å²) >= 11 is 1.67. The number of nitriles is 1. The molecule has 1 aromatic carbocycles. The van der Waals surface area contributed by atoms with Gasteiger partial charge in [0, 0.05) is 28.0 Å². The Morgan fingerprint density at radius 2 is 2.20 bits per heavy atom. The molecule has 4 nitrogen and oxygen atoms in total. The highest BCUT2D eigenvalue weighted by atomic mass is 32.2. The van der Waals surface area contributed by atoms with E-state index in [1.165, 1.54) is 0 Å². The Morgan fingerprint density at radius 3 is 2.80 bits per heavy atom. The first-order valence-corrected chi connectivity index (χ1v) is 7.22. The Hall–Kier alpha value is -1.77. The molecular weight excluding hydrogens is 270 g/mol. The van der Waals surface area contributed by atoms with Crippen molar-refractivity contribution in [3.05, 3.63) is 36.0 Å². The van der Waals surface area contributed by atoms with Crippen LogP contribution in [0.5, 0.6) is 0 Å². The summed E-state index contributed by atoms with van der Waals surface area (Å²) in [7, 11) is 0.